The Labute approximate surface area is 162 Å². The monoisotopic (exact) mass is 370 g/mol. The molecule has 0 saturated heterocycles. The van der Waals surface area contributed by atoms with Gasteiger partial charge in [-0.15, -0.1) is 0 Å². The lowest BCUT2D eigenvalue weighted by Crippen LogP contribution is -2.12. The first kappa shape index (κ1) is 17.5. The van der Waals surface area contributed by atoms with E-state index in [1.165, 1.54) is 6.20 Å². The number of fused-ring (bicyclic) bond motifs is 1. The van der Waals surface area contributed by atoms with Crippen LogP contribution in [0.3, 0.4) is 0 Å². The van der Waals surface area contributed by atoms with Crippen molar-refractivity contribution in [2.24, 2.45) is 0 Å². The normalized spacial score (nSPS) is 10.5. The second-order valence-corrected chi connectivity index (χ2v) is 6.12. The van der Waals surface area contributed by atoms with Crippen molar-refractivity contribution in [2.75, 3.05) is 17.7 Å². The molecule has 0 fully saturated rings. The molecule has 2 aromatic heterocycles. The third kappa shape index (κ3) is 3.76. The summed E-state index contributed by atoms with van der Waals surface area (Å²) in [6.07, 6.45) is 3.25. The van der Waals surface area contributed by atoms with Crippen LogP contribution in [0.2, 0.25) is 0 Å². The number of ether oxygens (including phenoxy) is 1. The van der Waals surface area contributed by atoms with Gasteiger partial charge < -0.3 is 15.4 Å². The zero-order chi connectivity index (χ0) is 19.3. The number of nitrogens with one attached hydrogen (secondary N) is 2. The van der Waals surface area contributed by atoms with Gasteiger partial charge in [-0.25, -0.2) is 4.98 Å². The van der Waals surface area contributed by atoms with E-state index in [1.54, 1.807) is 25.4 Å². The van der Waals surface area contributed by atoms with E-state index in [2.05, 4.69) is 20.6 Å². The summed E-state index contributed by atoms with van der Waals surface area (Å²) in [5, 5.41) is 7.06. The van der Waals surface area contributed by atoms with Crippen LogP contribution in [-0.4, -0.2) is 23.0 Å². The molecule has 0 aliphatic heterocycles. The van der Waals surface area contributed by atoms with Crippen LogP contribution in [0.4, 0.5) is 17.2 Å². The van der Waals surface area contributed by atoms with E-state index in [1.807, 2.05) is 54.6 Å². The number of methoxy groups -OCH3 is 1. The number of rotatable bonds is 5. The molecule has 138 valence electrons. The molecule has 0 unspecified atom stereocenters. The Balaban J connectivity index is 1.49. The maximum Gasteiger partial charge on any atom is 0.257 e. The zero-order valence-electron chi connectivity index (χ0n) is 15.2. The Morgan fingerprint density at radius 2 is 1.82 bits per heavy atom. The van der Waals surface area contributed by atoms with Gasteiger partial charge in [-0.3, -0.25) is 9.78 Å². The van der Waals surface area contributed by atoms with E-state index in [0.717, 1.165) is 22.3 Å². The Kier molecular flexibility index (Phi) is 4.84. The predicted molar refractivity (Wildman–Crippen MR) is 110 cm³/mol. The van der Waals surface area contributed by atoms with Crippen LogP contribution in [-0.2, 0) is 0 Å². The Morgan fingerprint density at radius 1 is 0.964 bits per heavy atom. The minimum Gasteiger partial charge on any atom is -0.497 e. The molecule has 2 N–H and O–H groups in total. The lowest BCUT2D eigenvalue weighted by molar-refractivity contribution is 0.102. The molecule has 2 heterocycles. The van der Waals surface area contributed by atoms with Crippen LogP contribution in [0.5, 0.6) is 5.75 Å². The van der Waals surface area contributed by atoms with Crippen molar-refractivity contribution in [3.63, 3.8) is 0 Å². The number of anilines is 3. The number of hydrogen-bond acceptors (Lipinski definition) is 5. The predicted octanol–water partition coefficient (Wildman–Crippen LogP) is 4.63. The van der Waals surface area contributed by atoms with Gasteiger partial charge in [0.25, 0.3) is 5.91 Å². The molecule has 6 nitrogen and oxygen atoms in total. The number of benzene rings is 2. The average molecular weight is 370 g/mol. The molecule has 0 aliphatic rings. The largest absolute Gasteiger partial charge is 0.497 e. The minimum absolute atomic E-state index is 0.237. The van der Waals surface area contributed by atoms with Crippen molar-refractivity contribution < 1.29 is 9.53 Å². The van der Waals surface area contributed by atoms with Gasteiger partial charge in [-0.1, -0.05) is 24.3 Å². The summed E-state index contributed by atoms with van der Waals surface area (Å²) in [5.41, 5.74) is 2.74. The van der Waals surface area contributed by atoms with Crippen molar-refractivity contribution in [2.45, 2.75) is 0 Å². The Bertz CT molecular complexity index is 1120. The molecule has 0 aliphatic carbocycles. The summed E-state index contributed by atoms with van der Waals surface area (Å²) in [6.45, 7) is 0. The van der Waals surface area contributed by atoms with Crippen molar-refractivity contribution in [1.82, 2.24) is 9.97 Å². The van der Waals surface area contributed by atoms with Crippen molar-refractivity contribution >= 4 is 34.0 Å². The highest BCUT2D eigenvalue weighted by Gasteiger charge is 2.10. The van der Waals surface area contributed by atoms with E-state index < -0.39 is 0 Å². The number of amides is 1. The standard InChI is InChI=1S/C22H18N4O2/c1-28-18-8-3-7-17(13-18)25-20-11-10-16(14-24-20)22(27)26-19-9-2-5-15-6-4-12-23-21(15)19/h2-14H,1H3,(H,24,25)(H,26,27). The van der Waals surface area contributed by atoms with Gasteiger partial charge in [0.05, 0.1) is 23.9 Å². The Hall–Kier alpha value is -3.93. The molecule has 28 heavy (non-hydrogen) atoms. The lowest BCUT2D eigenvalue weighted by Gasteiger charge is -2.09. The van der Waals surface area contributed by atoms with E-state index in [9.17, 15) is 4.79 Å². The van der Waals surface area contributed by atoms with Crippen molar-refractivity contribution in [1.29, 1.82) is 0 Å². The quantitative estimate of drug-likeness (QED) is 0.535. The summed E-state index contributed by atoms with van der Waals surface area (Å²) < 4.78 is 5.21. The number of pyridine rings is 2. The number of nitrogens with zero attached hydrogens (tertiary/aromatic N) is 2. The smallest absolute Gasteiger partial charge is 0.257 e. The van der Waals surface area contributed by atoms with Crippen LogP contribution in [0, 0.1) is 0 Å². The van der Waals surface area contributed by atoms with Gasteiger partial charge in [0.2, 0.25) is 0 Å². The summed E-state index contributed by atoms with van der Waals surface area (Å²) >= 11 is 0. The third-order valence-electron chi connectivity index (χ3n) is 4.25. The van der Waals surface area contributed by atoms with Gasteiger partial charge in [-0.2, -0.15) is 0 Å². The maximum absolute atomic E-state index is 12.6. The second kappa shape index (κ2) is 7.75. The summed E-state index contributed by atoms with van der Waals surface area (Å²) in [7, 11) is 1.62. The van der Waals surface area contributed by atoms with Crippen molar-refractivity contribution in [3.8, 4) is 5.75 Å². The molecule has 0 spiro atoms. The second-order valence-electron chi connectivity index (χ2n) is 6.12. The van der Waals surface area contributed by atoms with E-state index >= 15 is 0 Å². The molecule has 6 heteroatoms. The molecule has 0 radical (unpaired) electrons. The third-order valence-corrected chi connectivity index (χ3v) is 4.25. The fourth-order valence-electron chi connectivity index (χ4n) is 2.85. The molecule has 4 aromatic rings. The average Bonchev–Trinajstić information content (AvgIpc) is 2.74. The number of hydrogen-bond donors (Lipinski definition) is 2. The molecule has 2 aromatic carbocycles. The lowest BCUT2D eigenvalue weighted by atomic mass is 10.2. The van der Waals surface area contributed by atoms with Crippen LogP contribution >= 0.6 is 0 Å². The summed E-state index contributed by atoms with van der Waals surface area (Å²) in [5.74, 6) is 1.15. The highest BCUT2D eigenvalue weighted by Crippen LogP contribution is 2.22. The SMILES string of the molecule is COc1cccc(Nc2ccc(C(=O)Nc3cccc4cccnc34)cn2)c1. The molecule has 0 atom stereocenters. The van der Waals surface area contributed by atoms with Crippen LogP contribution in [0.1, 0.15) is 10.4 Å². The fourth-order valence-corrected chi connectivity index (χ4v) is 2.85. The molecule has 0 saturated carbocycles. The highest BCUT2D eigenvalue weighted by molar-refractivity contribution is 6.08. The molecule has 1 amide bonds. The van der Waals surface area contributed by atoms with Crippen LogP contribution in [0.15, 0.2) is 79.1 Å². The summed E-state index contributed by atoms with van der Waals surface area (Å²) in [4.78, 5) is 21.3. The van der Waals surface area contributed by atoms with Gasteiger partial charge >= 0.3 is 0 Å². The number of para-hydroxylation sites is 1. The summed E-state index contributed by atoms with van der Waals surface area (Å²) in [6, 6.07) is 20.5. The Morgan fingerprint density at radius 3 is 2.64 bits per heavy atom. The first-order valence-electron chi connectivity index (χ1n) is 8.75. The minimum atomic E-state index is -0.237. The van der Waals surface area contributed by atoms with Crippen LogP contribution < -0.4 is 15.4 Å². The van der Waals surface area contributed by atoms with Gasteiger partial charge in [-0.05, 0) is 36.4 Å². The highest BCUT2D eigenvalue weighted by atomic mass is 16.5. The first-order chi connectivity index (χ1) is 13.7. The number of carbonyl (C=O) groups is 1. The van der Waals surface area contributed by atoms with E-state index in [-0.39, 0.29) is 5.91 Å². The maximum atomic E-state index is 12.6. The molecule has 4 rings (SSSR count). The number of carbonyl (C=O) groups excluding carboxylic acids is 1. The van der Waals surface area contributed by atoms with Gasteiger partial charge in [0.1, 0.15) is 11.6 Å². The van der Waals surface area contributed by atoms with E-state index in [4.69, 9.17) is 4.74 Å². The molecular weight excluding hydrogens is 352 g/mol. The van der Waals surface area contributed by atoms with E-state index in [0.29, 0.717) is 17.1 Å². The zero-order valence-corrected chi connectivity index (χ0v) is 15.2. The molecular formula is C22H18N4O2. The van der Waals surface area contributed by atoms with Crippen LogP contribution in [0.25, 0.3) is 10.9 Å². The van der Waals surface area contributed by atoms with Crippen molar-refractivity contribution in [3.05, 3.63) is 84.7 Å². The number of aromatic nitrogens is 2. The van der Waals surface area contributed by atoms with Gasteiger partial charge in [0.15, 0.2) is 0 Å². The molecule has 0 bridgehead atoms. The topological polar surface area (TPSA) is 76.1 Å². The fraction of sp³-hybridized carbons (Fsp3) is 0.0455. The first-order valence-corrected chi connectivity index (χ1v) is 8.75. The van der Waals surface area contributed by atoms with Gasteiger partial charge in [0, 0.05) is 29.5 Å².